The molecule has 0 unspecified atom stereocenters. The number of fused-ring (bicyclic) bond motifs is 12. The molecule has 0 fully saturated rings. The highest BCUT2D eigenvalue weighted by Crippen LogP contribution is 2.43. The van der Waals surface area contributed by atoms with E-state index in [4.69, 9.17) is 17.7 Å². The minimum Gasteiger partial charge on any atom is -0.437 e. The van der Waals surface area contributed by atoms with Crippen LogP contribution >= 0.6 is 0 Å². The van der Waals surface area contributed by atoms with Gasteiger partial charge in [-0.25, -0.2) is 38.2 Å². The Kier molecular flexibility index (Phi) is 19.0. The molecule has 0 radical (unpaired) electrons. The second-order valence-corrected chi connectivity index (χ2v) is 29.8. The van der Waals surface area contributed by atoms with Gasteiger partial charge in [0.2, 0.25) is 45.6 Å². The highest BCUT2D eigenvalue weighted by molar-refractivity contribution is 6.12. The molecule has 550 valence electrons. The molecule has 12 nitrogen and oxygen atoms in total. The van der Waals surface area contributed by atoms with Crippen LogP contribution in [0.2, 0.25) is 0 Å². The van der Waals surface area contributed by atoms with Gasteiger partial charge in [0.15, 0.2) is 47.1 Å². The maximum Gasteiger partial charge on any atom is 0.227 e. The van der Waals surface area contributed by atoms with Crippen molar-refractivity contribution in [1.82, 2.24) is 19.9 Å². The Bertz CT molecular complexity index is 7080. The van der Waals surface area contributed by atoms with Crippen molar-refractivity contribution >= 4 is 88.3 Å². The summed E-state index contributed by atoms with van der Waals surface area (Å²) in [6, 6.07) is 91.2. The zero-order valence-corrected chi connectivity index (χ0v) is 65.8. The monoisotopic (exact) mass is 1470 g/mol. The summed E-state index contributed by atoms with van der Waals surface area (Å²) in [6.07, 6.45) is 8.56. The maximum absolute atomic E-state index is 6.32. The summed E-state index contributed by atoms with van der Waals surface area (Å²) in [5, 5.41) is 8.66. The Balaban J connectivity index is 0.000000109. The average Bonchev–Trinajstić information content (AvgIpc) is 1.64. The maximum atomic E-state index is 6.32. The molecule has 20 rings (SSSR count). The second kappa shape index (κ2) is 29.9. The van der Waals surface area contributed by atoms with E-state index in [1.165, 1.54) is 72.3 Å². The molecule has 12 aromatic heterocycles. The lowest BCUT2D eigenvalue weighted by Gasteiger charge is -2.10. The summed E-state index contributed by atoms with van der Waals surface area (Å²) < 4.78 is 33.8. The minimum absolute atomic E-state index is 0.696. The molecule has 0 aliphatic rings. The van der Waals surface area contributed by atoms with Crippen LogP contribution in [-0.2, 0) is 28.2 Å². The zero-order chi connectivity index (χ0) is 77.9. The molecule has 20 aromatic rings. The van der Waals surface area contributed by atoms with E-state index in [0.29, 0.717) is 22.9 Å². The molecule has 113 heavy (non-hydrogen) atoms. The number of aromatic nitrogens is 8. The van der Waals surface area contributed by atoms with Gasteiger partial charge >= 0.3 is 0 Å². The molecule has 0 saturated carbocycles. The van der Waals surface area contributed by atoms with E-state index in [0.717, 1.165) is 133 Å². The Hall–Kier alpha value is -13.8. The Morgan fingerprint density at radius 2 is 0.575 bits per heavy atom. The van der Waals surface area contributed by atoms with Crippen molar-refractivity contribution in [2.75, 3.05) is 0 Å². The molecule has 12 heteroatoms. The number of rotatable bonds is 8. The molecule has 8 aromatic carbocycles. The van der Waals surface area contributed by atoms with Crippen LogP contribution in [0.5, 0.6) is 0 Å². The van der Waals surface area contributed by atoms with E-state index in [9.17, 15) is 0 Å². The summed E-state index contributed by atoms with van der Waals surface area (Å²) in [7, 11) is 8.35. The smallest absolute Gasteiger partial charge is 0.227 e. The molecular formula is C101H86N8O4+4. The van der Waals surface area contributed by atoms with Gasteiger partial charge in [-0.2, -0.15) is 0 Å². The molecule has 0 atom stereocenters. The van der Waals surface area contributed by atoms with Crippen molar-refractivity contribution in [3.8, 4) is 89.5 Å². The van der Waals surface area contributed by atoms with Crippen LogP contribution in [0, 0.1) is 62.3 Å². The van der Waals surface area contributed by atoms with Gasteiger partial charge in [0.05, 0.1) is 27.8 Å². The van der Waals surface area contributed by atoms with Crippen LogP contribution in [0.1, 0.15) is 50.6 Å². The average molecular weight is 1480 g/mol. The number of furan rings is 4. The first-order valence-electron chi connectivity index (χ1n) is 38.3. The first kappa shape index (κ1) is 72.0. The van der Waals surface area contributed by atoms with E-state index in [1.54, 1.807) is 0 Å². The molecule has 0 spiro atoms. The standard InChI is InChI=1S/C26H23N2O.3C25H21N2O/c1-16-5-9-19(10-6-16)20-11-14-23(28(4)15-20)24-17(2)7-12-21-22-13-8-18(3)27-26(22)29-25(21)24;1-16-11-13-20-21-14-12-17(2)26-25(21)28-24(20)22(16)23-19(10-7-15-27(23)3)18-8-5-4-6-9-18;1-16-9-12-20-21-13-10-17(2)26-25(21)28-24(20)23(16)22-14-11-19(15-27(22)3)18-7-5-4-6-8-18;1-16-9-11-20-21-12-10-17(2)26-25(21)28-24(20)23(16)22-15-19(13-14-27(22)3)18-7-5-4-6-8-18/h5-15H,1-4H3;3*4-15H,1-3H3/q4*+1. The lowest BCUT2D eigenvalue weighted by Crippen LogP contribution is -2.31. The van der Waals surface area contributed by atoms with Crippen LogP contribution in [0.15, 0.2) is 303 Å². The number of hydrogen-bond donors (Lipinski definition) is 0. The van der Waals surface area contributed by atoms with Gasteiger partial charge in [-0.3, -0.25) is 0 Å². The Labute approximate surface area is 656 Å². The van der Waals surface area contributed by atoms with Crippen molar-refractivity contribution in [2.45, 2.75) is 62.3 Å². The SMILES string of the molecule is Cc1ccc(-c2ccc(-c3c(C)ccc4c3oc3nc(C)ccc34)[n+](C)c2)cc1.Cc1ccc2c(n1)oc1c(-c3c(-c4ccccc4)ccc[n+]3C)c(C)ccc12.Cc1ccc2c(n1)oc1c(-c3cc(-c4ccccc4)cc[n+]3C)c(C)ccc12.Cc1ccc2c(n1)oc1c(-c3ccc(-c4ccccc4)c[n+]3C)c(C)ccc12. The van der Waals surface area contributed by atoms with E-state index >= 15 is 0 Å². The first-order chi connectivity index (χ1) is 54.9. The van der Waals surface area contributed by atoms with Gasteiger partial charge in [-0.1, -0.05) is 169 Å². The molecule has 0 amide bonds. The Morgan fingerprint density at radius 3 is 0.973 bits per heavy atom. The summed E-state index contributed by atoms with van der Waals surface area (Å²) >= 11 is 0. The molecule has 0 N–H and O–H groups in total. The fourth-order valence-electron chi connectivity index (χ4n) is 15.7. The molecular weight excluding hydrogens is 1390 g/mol. The third-order valence-corrected chi connectivity index (χ3v) is 21.7. The summed E-state index contributed by atoms with van der Waals surface area (Å²) in [6.45, 7) is 18.6. The normalized spacial score (nSPS) is 11.4. The van der Waals surface area contributed by atoms with Crippen LogP contribution in [0.25, 0.3) is 178 Å². The predicted molar refractivity (Wildman–Crippen MR) is 457 cm³/mol. The van der Waals surface area contributed by atoms with Crippen LogP contribution in [0.4, 0.5) is 0 Å². The quantitative estimate of drug-likeness (QED) is 0.138. The molecule has 0 aliphatic heterocycles. The van der Waals surface area contributed by atoms with E-state index in [-0.39, 0.29) is 0 Å². The number of hydrogen-bond acceptors (Lipinski definition) is 8. The fourth-order valence-corrected chi connectivity index (χ4v) is 15.7. The number of aryl methyl sites for hydroxylation is 13. The van der Waals surface area contributed by atoms with Gasteiger partial charge in [0.1, 0.15) is 28.2 Å². The summed E-state index contributed by atoms with van der Waals surface area (Å²) in [5.74, 6) is 0. The number of benzene rings is 8. The second-order valence-electron chi connectivity index (χ2n) is 29.8. The molecule has 12 heterocycles. The van der Waals surface area contributed by atoms with Gasteiger partial charge in [0.25, 0.3) is 0 Å². The van der Waals surface area contributed by atoms with Crippen LogP contribution in [-0.4, -0.2) is 19.9 Å². The van der Waals surface area contributed by atoms with Gasteiger partial charge in [-0.15, -0.1) is 0 Å². The lowest BCUT2D eigenvalue weighted by atomic mass is 9.94. The topological polar surface area (TPSA) is 120 Å². The van der Waals surface area contributed by atoms with Gasteiger partial charge in [-0.05, 0) is 179 Å². The summed E-state index contributed by atoms with van der Waals surface area (Å²) in [4.78, 5) is 18.4. The van der Waals surface area contributed by atoms with Gasteiger partial charge < -0.3 is 17.7 Å². The van der Waals surface area contributed by atoms with Crippen molar-refractivity contribution in [3.05, 3.63) is 336 Å². The largest absolute Gasteiger partial charge is 0.437 e. The lowest BCUT2D eigenvalue weighted by molar-refractivity contribution is -0.660. The van der Waals surface area contributed by atoms with Crippen molar-refractivity contribution in [3.63, 3.8) is 0 Å². The van der Waals surface area contributed by atoms with Crippen LogP contribution in [0.3, 0.4) is 0 Å². The number of nitrogens with zero attached hydrogens (tertiary/aromatic N) is 8. The fraction of sp³-hybridized carbons (Fsp3) is 0.129. The third-order valence-electron chi connectivity index (χ3n) is 21.7. The van der Waals surface area contributed by atoms with E-state index < -0.39 is 0 Å². The highest BCUT2D eigenvalue weighted by Gasteiger charge is 2.28. The molecule has 0 aliphatic carbocycles. The zero-order valence-electron chi connectivity index (χ0n) is 65.8. The van der Waals surface area contributed by atoms with E-state index in [1.807, 2.05) is 70.2 Å². The highest BCUT2D eigenvalue weighted by atomic mass is 16.4. The van der Waals surface area contributed by atoms with Crippen LogP contribution < -0.4 is 18.3 Å². The van der Waals surface area contributed by atoms with E-state index in [2.05, 4.69) is 344 Å². The third kappa shape index (κ3) is 13.7. The predicted octanol–water partition coefficient (Wildman–Crippen LogP) is 23.3. The molecule has 0 saturated heterocycles. The number of pyridine rings is 8. The van der Waals surface area contributed by atoms with Crippen molar-refractivity contribution < 1.29 is 35.9 Å². The Morgan fingerprint density at radius 1 is 0.239 bits per heavy atom. The van der Waals surface area contributed by atoms with Crippen molar-refractivity contribution in [1.29, 1.82) is 0 Å². The van der Waals surface area contributed by atoms with Crippen molar-refractivity contribution in [2.24, 2.45) is 28.2 Å². The van der Waals surface area contributed by atoms with Gasteiger partial charge in [0, 0.05) is 107 Å². The summed E-state index contributed by atoms with van der Waals surface area (Å²) in [5.41, 5.74) is 34.8. The first-order valence-corrected chi connectivity index (χ1v) is 38.3. The molecule has 0 bridgehead atoms. The minimum atomic E-state index is 0.696.